The van der Waals surface area contributed by atoms with Crippen molar-refractivity contribution in [1.82, 2.24) is 5.32 Å². The molecule has 0 amide bonds. The highest BCUT2D eigenvalue weighted by atomic mass is 14.9. The van der Waals surface area contributed by atoms with Gasteiger partial charge >= 0.3 is 0 Å². The van der Waals surface area contributed by atoms with Crippen LogP contribution in [0, 0.1) is 17.3 Å². The fourth-order valence-corrected chi connectivity index (χ4v) is 3.37. The van der Waals surface area contributed by atoms with Crippen molar-refractivity contribution in [2.24, 2.45) is 17.3 Å². The molecule has 1 nitrogen and oxygen atoms in total. The lowest BCUT2D eigenvalue weighted by Gasteiger charge is -2.41. The van der Waals surface area contributed by atoms with Gasteiger partial charge in [0.1, 0.15) is 0 Å². The molecule has 2 aliphatic rings. The van der Waals surface area contributed by atoms with E-state index in [0.717, 1.165) is 17.9 Å². The van der Waals surface area contributed by atoms with Crippen molar-refractivity contribution in [1.29, 1.82) is 0 Å². The Morgan fingerprint density at radius 3 is 2.50 bits per heavy atom. The highest BCUT2D eigenvalue weighted by Crippen LogP contribution is 2.40. The zero-order valence-corrected chi connectivity index (χ0v) is 11.4. The van der Waals surface area contributed by atoms with Crippen molar-refractivity contribution in [3.63, 3.8) is 0 Å². The molecular weight excluding hydrogens is 194 g/mol. The van der Waals surface area contributed by atoms with E-state index in [0.29, 0.717) is 5.41 Å². The van der Waals surface area contributed by atoms with Gasteiger partial charge in [-0.3, -0.25) is 0 Å². The van der Waals surface area contributed by atoms with E-state index in [-0.39, 0.29) is 0 Å². The van der Waals surface area contributed by atoms with Crippen LogP contribution in [0.5, 0.6) is 0 Å². The summed E-state index contributed by atoms with van der Waals surface area (Å²) in [6.07, 6.45) is 10.1. The van der Waals surface area contributed by atoms with Gasteiger partial charge in [-0.15, -0.1) is 0 Å². The molecule has 1 N–H and O–H groups in total. The maximum absolute atomic E-state index is 3.85. The van der Waals surface area contributed by atoms with Gasteiger partial charge in [0.2, 0.25) is 0 Å². The van der Waals surface area contributed by atoms with Crippen LogP contribution in [0.3, 0.4) is 0 Å². The average Bonchev–Trinajstić information content (AvgIpc) is 2.24. The predicted molar refractivity (Wildman–Crippen MR) is 70.5 cm³/mol. The van der Waals surface area contributed by atoms with Crippen molar-refractivity contribution in [3.05, 3.63) is 0 Å². The topological polar surface area (TPSA) is 12.0 Å². The lowest BCUT2D eigenvalue weighted by molar-refractivity contribution is 0.137. The largest absolute Gasteiger partial charge is 0.313 e. The van der Waals surface area contributed by atoms with Gasteiger partial charge in [-0.1, -0.05) is 40.0 Å². The average molecular weight is 223 g/mol. The van der Waals surface area contributed by atoms with E-state index in [1.54, 1.807) is 0 Å². The Hall–Kier alpha value is -0.0400. The maximum atomic E-state index is 3.85. The summed E-state index contributed by atoms with van der Waals surface area (Å²) in [5, 5.41) is 3.85. The van der Waals surface area contributed by atoms with Crippen LogP contribution < -0.4 is 5.32 Å². The first-order chi connectivity index (χ1) is 7.59. The molecule has 94 valence electrons. The summed E-state index contributed by atoms with van der Waals surface area (Å²) in [7, 11) is 0. The molecule has 2 fully saturated rings. The number of hydrogen-bond acceptors (Lipinski definition) is 1. The summed E-state index contributed by atoms with van der Waals surface area (Å²) in [4.78, 5) is 0. The van der Waals surface area contributed by atoms with Gasteiger partial charge in [0.05, 0.1) is 0 Å². The van der Waals surface area contributed by atoms with E-state index in [1.807, 2.05) is 0 Å². The molecule has 2 aliphatic carbocycles. The first-order valence-corrected chi connectivity index (χ1v) is 7.32. The Morgan fingerprint density at radius 1 is 1.19 bits per heavy atom. The van der Waals surface area contributed by atoms with Gasteiger partial charge < -0.3 is 5.32 Å². The molecule has 0 radical (unpaired) electrons. The smallest absolute Gasteiger partial charge is 0.00700 e. The minimum absolute atomic E-state index is 0.644. The molecule has 2 saturated carbocycles. The fourth-order valence-electron chi connectivity index (χ4n) is 3.37. The monoisotopic (exact) mass is 223 g/mol. The van der Waals surface area contributed by atoms with Crippen LogP contribution >= 0.6 is 0 Å². The molecule has 0 heterocycles. The van der Waals surface area contributed by atoms with Crippen LogP contribution in [0.15, 0.2) is 0 Å². The maximum Gasteiger partial charge on any atom is 0.00700 e. The van der Waals surface area contributed by atoms with Crippen LogP contribution in [-0.4, -0.2) is 12.6 Å². The van der Waals surface area contributed by atoms with E-state index in [1.165, 1.54) is 51.5 Å². The normalized spacial score (nSPS) is 33.8. The fraction of sp³-hybridized carbons (Fsp3) is 1.00. The molecule has 16 heavy (non-hydrogen) atoms. The Kier molecular flexibility index (Phi) is 3.94. The second kappa shape index (κ2) is 5.08. The van der Waals surface area contributed by atoms with E-state index in [9.17, 15) is 0 Å². The molecule has 2 rings (SSSR count). The molecule has 0 aliphatic heterocycles. The summed E-state index contributed by atoms with van der Waals surface area (Å²) in [6, 6.07) is 0.818. The van der Waals surface area contributed by atoms with Crippen LogP contribution in [0.25, 0.3) is 0 Å². The standard InChI is InChI=1S/C15H29N/c1-12(2)13-6-4-7-14(10-13)16-11-15(3)8-5-9-15/h12-14,16H,4-11H2,1-3H3. The van der Waals surface area contributed by atoms with Gasteiger partial charge in [-0.05, 0) is 42.9 Å². The minimum atomic E-state index is 0.644. The van der Waals surface area contributed by atoms with Gasteiger partial charge in [-0.2, -0.15) is 0 Å². The molecular formula is C15H29N. The second-order valence-corrected chi connectivity index (χ2v) is 6.91. The zero-order chi connectivity index (χ0) is 11.6. The van der Waals surface area contributed by atoms with Crippen LogP contribution in [0.4, 0.5) is 0 Å². The molecule has 0 aromatic carbocycles. The molecule has 0 aromatic rings. The lowest BCUT2D eigenvalue weighted by Crippen LogP contribution is -2.44. The van der Waals surface area contributed by atoms with Crippen molar-refractivity contribution >= 4 is 0 Å². The van der Waals surface area contributed by atoms with E-state index in [2.05, 4.69) is 26.1 Å². The summed E-state index contributed by atoms with van der Waals surface area (Å²) in [5.41, 5.74) is 0.644. The van der Waals surface area contributed by atoms with Crippen LogP contribution in [0.2, 0.25) is 0 Å². The molecule has 0 bridgehead atoms. The number of rotatable bonds is 4. The Labute approximate surface area is 101 Å². The molecule has 0 spiro atoms. The van der Waals surface area contributed by atoms with E-state index >= 15 is 0 Å². The van der Waals surface area contributed by atoms with Gasteiger partial charge in [0.25, 0.3) is 0 Å². The molecule has 0 aromatic heterocycles. The van der Waals surface area contributed by atoms with Gasteiger partial charge in [-0.25, -0.2) is 0 Å². The third-order valence-electron chi connectivity index (χ3n) is 5.04. The Morgan fingerprint density at radius 2 is 1.94 bits per heavy atom. The van der Waals surface area contributed by atoms with Crippen LogP contribution in [0.1, 0.15) is 65.7 Å². The first kappa shape index (κ1) is 12.4. The quantitative estimate of drug-likeness (QED) is 0.760. The number of nitrogens with one attached hydrogen (secondary N) is 1. The van der Waals surface area contributed by atoms with Crippen molar-refractivity contribution in [3.8, 4) is 0 Å². The number of hydrogen-bond donors (Lipinski definition) is 1. The third kappa shape index (κ3) is 3.00. The zero-order valence-electron chi connectivity index (χ0n) is 11.4. The molecule has 0 saturated heterocycles. The van der Waals surface area contributed by atoms with Crippen molar-refractivity contribution < 1.29 is 0 Å². The van der Waals surface area contributed by atoms with Crippen LogP contribution in [-0.2, 0) is 0 Å². The van der Waals surface area contributed by atoms with E-state index < -0.39 is 0 Å². The summed E-state index contributed by atoms with van der Waals surface area (Å²) in [5.74, 6) is 1.85. The van der Waals surface area contributed by atoms with Crippen molar-refractivity contribution in [2.45, 2.75) is 71.8 Å². The van der Waals surface area contributed by atoms with Crippen molar-refractivity contribution in [2.75, 3.05) is 6.54 Å². The van der Waals surface area contributed by atoms with Gasteiger partial charge in [0.15, 0.2) is 0 Å². The highest BCUT2D eigenvalue weighted by molar-refractivity contribution is 4.88. The third-order valence-corrected chi connectivity index (χ3v) is 5.04. The second-order valence-electron chi connectivity index (χ2n) is 6.91. The highest BCUT2D eigenvalue weighted by Gasteiger charge is 2.32. The Balaban J connectivity index is 1.72. The SMILES string of the molecule is CC(C)C1CCCC(NCC2(C)CCC2)C1. The molecule has 1 heteroatoms. The lowest BCUT2D eigenvalue weighted by atomic mass is 9.70. The summed E-state index contributed by atoms with van der Waals surface area (Å²) in [6.45, 7) is 8.50. The molecule has 2 atom stereocenters. The summed E-state index contributed by atoms with van der Waals surface area (Å²) >= 11 is 0. The van der Waals surface area contributed by atoms with Gasteiger partial charge in [0, 0.05) is 12.6 Å². The Bertz CT molecular complexity index is 217. The van der Waals surface area contributed by atoms with E-state index in [4.69, 9.17) is 0 Å². The first-order valence-electron chi connectivity index (χ1n) is 7.32. The molecule has 2 unspecified atom stereocenters. The predicted octanol–water partition coefficient (Wildman–Crippen LogP) is 3.98. The minimum Gasteiger partial charge on any atom is -0.313 e. The summed E-state index contributed by atoms with van der Waals surface area (Å²) < 4.78 is 0.